The molecule has 0 atom stereocenters. The minimum absolute atomic E-state index is 0.129. The van der Waals surface area contributed by atoms with Crippen LogP contribution in [0.25, 0.3) is 10.2 Å². The van der Waals surface area contributed by atoms with Gasteiger partial charge in [-0.15, -0.1) is 0 Å². The van der Waals surface area contributed by atoms with Crippen molar-refractivity contribution >= 4 is 32.6 Å². The van der Waals surface area contributed by atoms with Crippen LogP contribution in [0.3, 0.4) is 0 Å². The van der Waals surface area contributed by atoms with E-state index in [0.29, 0.717) is 32.8 Å². The Labute approximate surface area is 145 Å². The van der Waals surface area contributed by atoms with E-state index in [1.54, 1.807) is 11.3 Å². The van der Waals surface area contributed by atoms with Gasteiger partial charge in [-0.3, -0.25) is 4.79 Å². The second kappa shape index (κ2) is 6.31. The van der Waals surface area contributed by atoms with E-state index in [4.69, 9.17) is 9.47 Å². The molecule has 2 aromatic rings. The van der Waals surface area contributed by atoms with Crippen molar-refractivity contribution in [3.8, 4) is 0 Å². The van der Waals surface area contributed by atoms with Crippen LogP contribution in [0, 0.1) is 0 Å². The minimum Gasteiger partial charge on any atom is -0.347 e. The van der Waals surface area contributed by atoms with Gasteiger partial charge in [0.1, 0.15) is 0 Å². The number of rotatable bonds is 3. The number of nitrogens with zero attached hydrogens (tertiary/aromatic N) is 3. The smallest absolute Gasteiger partial charge is 0.242 e. The molecule has 1 amide bonds. The number of carbonyl (C=O) groups excluding carboxylic acids is 1. The summed E-state index contributed by atoms with van der Waals surface area (Å²) in [4.78, 5) is 21.0. The average molecular weight is 347 g/mol. The second-order valence-corrected chi connectivity index (χ2v) is 7.32. The van der Waals surface area contributed by atoms with Gasteiger partial charge in [0.05, 0.1) is 30.0 Å². The zero-order chi connectivity index (χ0) is 16.6. The molecule has 2 saturated heterocycles. The molecule has 0 N–H and O–H groups in total. The number of amides is 1. The topological polar surface area (TPSA) is 54.9 Å². The van der Waals surface area contributed by atoms with E-state index in [9.17, 15) is 4.79 Å². The summed E-state index contributed by atoms with van der Waals surface area (Å²) in [6.45, 7) is 3.04. The van der Waals surface area contributed by atoms with Crippen molar-refractivity contribution in [3.63, 3.8) is 0 Å². The molecule has 128 valence electrons. The lowest BCUT2D eigenvalue weighted by Gasteiger charge is -2.38. The molecule has 1 spiro atoms. The number of hydrogen-bond acceptors (Lipinski definition) is 6. The highest BCUT2D eigenvalue weighted by Gasteiger charge is 2.40. The zero-order valence-corrected chi connectivity index (χ0v) is 14.6. The Morgan fingerprint density at radius 1 is 1.29 bits per heavy atom. The number of thiazole rings is 1. The Morgan fingerprint density at radius 3 is 2.71 bits per heavy atom. The van der Waals surface area contributed by atoms with Crippen LogP contribution in [-0.4, -0.2) is 61.5 Å². The predicted molar refractivity (Wildman–Crippen MR) is 93.3 cm³/mol. The third kappa shape index (κ3) is 2.99. The Morgan fingerprint density at radius 2 is 2.00 bits per heavy atom. The number of para-hydroxylation sites is 1. The minimum atomic E-state index is -0.435. The normalized spacial score (nSPS) is 20.0. The molecule has 0 radical (unpaired) electrons. The summed E-state index contributed by atoms with van der Waals surface area (Å²) in [7, 11) is 1.92. The van der Waals surface area contributed by atoms with E-state index in [-0.39, 0.29) is 5.91 Å². The summed E-state index contributed by atoms with van der Waals surface area (Å²) < 4.78 is 12.6. The lowest BCUT2D eigenvalue weighted by molar-refractivity contribution is -0.187. The van der Waals surface area contributed by atoms with E-state index in [2.05, 4.69) is 11.1 Å². The average Bonchev–Trinajstić information content (AvgIpc) is 3.22. The van der Waals surface area contributed by atoms with Gasteiger partial charge in [-0.05, 0) is 12.1 Å². The van der Waals surface area contributed by atoms with Crippen LogP contribution < -0.4 is 4.90 Å². The molecule has 1 aromatic heterocycles. The molecular formula is C17H21N3O3S. The summed E-state index contributed by atoms with van der Waals surface area (Å²) in [5, 5.41) is 0.875. The number of aromatic nitrogens is 1. The van der Waals surface area contributed by atoms with E-state index >= 15 is 0 Å². The first-order chi connectivity index (χ1) is 11.7. The van der Waals surface area contributed by atoms with Crippen molar-refractivity contribution in [3.05, 3.63) is 24.3 Å². The molecule has 4 rings (SSSR count). The molecule has 2 aliphatic heterocycles. The summed E-state index contributed by atoms with van der Waals surface area (Å²) in [6, 6.07) is 8.04. The van der Waals surface area contributed by atoms with Gasteiger partial charge < -0.3 is 19.3 Å². The number of benzene rings is 1. The molecule has 3 heterocycles. The number of likely N-dealkylation sites (N-methyl/N-ethyl adjacent to an activating group) is 1. The van der Waals surface area contributed by atoms with Gasteiger partial charge in [-0.2, -0.15) is 0 Å². The number of ether oxygens (including phenoxy) is 2. The monoisotopic (exact) mass is 347 g/mol. The summed E-state index contributed by atoms with van der Waals surface area (Å²) in [5.74, 6) is -0.306. The van der Waals surface area contributed by atoms with Crippen LogP contribution in [0.15, 0.2) is 24.3 Å². The van der Waals surface area contributed by atoms with Crippen LogP contribution in [0.4, 0.5) is 5.13 Å². The molecule has 0 aliphatic carbocycles. The Balaban J connectivity index is 1.37. The Kier molecular flexibility index (Phi) is 4.15. The zero-order valence-electron chi connectivity index (χ0n) is 13.7. The molecule has 7 heteroatoms. The number of carbonyl (C=O) groups is 1. The molecule has 0 unspecified atom stereocenters. The molecular weight excluding hydrogens is 326 g/mol. The molecule has 0 bridgehead atoms. The predicted octanol–water partition coefficient (Wildman–Crippen LogP) is 2.10. The molecule has 24 heavy (non-hydrogen) atoms. The Bertz CT molecular complexity index is 699. The van der Waals surface area contributed by atoms with Crippen LogP contribution in [0.5, 0.6) is 0 Å². The number of hydrogen-bond donors (Lipinski definition) is 0. The lowest BCUT2D eigenvalue weighted by atomic mass is 10.0. The van der Waals surface area contributed by atoms with Gasteiger partial charge >= 0.3 is 0 Å². The van der Waals surface area contributed by atoms with Crippen LogP contribution >= 0.6 is 11.3 Å². The highest BCUT2D eigenvalue weighted by Crippen LogP contribution is 2.32. The molecule has 2 fully saturated rings. The molecule has 6 nitrogen and oxygen atoms in total. The molecule has 0 saturated carbocycles. The quantitative estimate of drug-likeness (QED) is 0.851. The van der Waals surface area contributed by atoms with E-state index in [1.165, 1.54) is 0 Å². The van der Waals surface area contributed by atoms with Crippen molar-refractivity contribution in [2.75, 3.05) is 44.8 Å². The summed E-state index contributed by atoms with van der Waals surface area (Å²) >= 11 is 1.61. The number of fused-ring (bicyclic) bond motifs is 1. The third-order valence-corrected chi connectivity index (χ3v) is 5.82. The highest BCUT2D eigenvalue weighted by atomic mass is 32.1. The fourth-order valence-corrected chi connectivity index (χ4v) is 4.20. The van der Waals surface area contributed by atoms with Crippen molar-refractivity contribution in [2.45, 2.75) is 18.6 Å². The van der Waals surface area contributed by atoms with Crippen molar-refractivity contribution in [1.82, 2.24) is 9.88 Å². The largest absolute Gasteiger partial charge is 0.347 e. The first-order valence-electron chi connectivity index (χ1n) is 8.28. The van der Waals surface area contributed by atoms with Crippen molar-refractivity contribution in [1.29, 1.82) is 0 Å². The fraction of sp³-hybridized carbons (Fsp3) is 0.529. The van der Waals surface area contributed by atoms with Gasteiger partial charge in [-0.25, -0.2) is 4.98 Å². The van der Waals surface area contributed by atoms with Gasteiger partial charge in [0, 0.05) is 33.0 Å². The standard InChI is InChI=1S/C17H21N3O3S/c1-19(16-18-13-4-2-3-5-14(13)24-16)12-15(21)20-8-6-17(7-9-20)22-10-11-23-17/h2-5H,6-12H2,1H3. The van der Waals surface area contributed by atoms with Gasteiger partial charge in [0.25, 0.3) is 0 Å². The second-order valence-electron chi connectivity index (χ2n) is 6.31. The van der Waals surface area contributed by atoms with Crippen molar-refractivity contribution in [2.24, 2.45) is 0 Å². The maximum atomic E-state index is 12.6. The van der Waals surface area contributed by atoms with Gasteiger partial charge in [0.2, 0.25) is 5.91 Å². The van der Waals surface area contributed by atoms with Crippen molar-refractivity contribution < 1.29 is 14.3 Å². The third-order valence-electron chi connectivity index (χ3n) is 4.67. The number of anilines is 1. The molecule has 2 aliphatic rings. The Hall–Kier alpha value is -1.70. The maximum absolute atomic E-state index is 12.6. The van der Waals surface area contributed by atoms with Crippen LogP contribution in [-0.2, 0) is 14.3 Å². The summed E-state index contributed by atoms with van der Waals surface area (Å²) in [5.41, 5.74) is 0.979. The SMILES string of the molecule is CN(CC(=O)N1CCC2(CC1)OCCO2)c1nc2ccccc2s1. The fourth-order valence-electron chi connectivity index (χ4n) is 3.28. The summed E-state index contributed by atoms with van der Waals surface area (Å²) in [6.07, 6.45) is 1.51. The highest BCUT2D eigenvalue weighted by molar-refractivity contribution is 7.22. The van der Waals surface area contributed by atoms with Crippen LogP contribution in [0.1, 0.15) is 12.8 Å². The van der Waals surface area contributed by atoms with E-state index in [1.807, 2.05) is 35.0 Å². The van der Waals surface area contributed by atoms with Gasteiger partial charge in [-0.1, -0.05) is 23.5 Å². The van der Waals surface area contributed by atoms with E-state index < -0.39 is 5.79 Å². The van der Waals surface area contributed by atoms with Gasteiger partial charge in [0.15, 0.2) is 10.9 Å². The number of likely N-dealkylation sites (tertiary alicyclic amines) is 1. The van der Waals surface area contributed by atoms with E-state index in [0.717, 1.165) is 28.2 Å². The number of piperidine rings is 1. The first kappa shape index (κ1) is 15.8. The lowest BCUT2D eigenvalue weighted by Crippen LogP contribution is -2.49. The molecule has 1 aromatic carbocycles. The maximum Gasteiger partial charge on any atom is 0.242 e. The first-order valence-corrected chi connectivity index (χ1v) is 9.09. The van der Waals surface area contributed by atoms with Crippen LogP contribution in [0.2, 0.25) is 0 Å².